The molecule has 23 heavy (non-hydrogen) atoms. The standard InChI is InChI=1S/C14H18F2N2O3S2/c1-17-14(11-8-10(15)2-3-12(11)16)13(9-21-17)23(19,20)18-4-6-22-7-5-18/h2-3,8,13-14H,4-7,9H2,1H3/t13-,14-/m0/s1. The van der Waals surface area contributed by atoms with Gasteiger partial charge < -0.3 is 0 Å². The van der Waals surface area contributed by atoms with Crippen molar-refractivity contribution < 1.29 is 22.0 Å². The minimum absolute atomic E-state index is 0.00459. The Morgan fingerprint density at radius 3 is 2.65 bits per heavy atom. The highest BCUT2D eigenvalue weighted by Crippen LogP contribution is 2.36. The zero-order valence-corrected chi connectivity index (χ0v) is 14.2. The first-order chi connectivity index (χ1) is 10.9. The monoisotopic (exact) mass is 364 g/mol. The zero-order valence-electron chi connectivity index (χ0n) is 12.6. The Bertz CT molecular complexity index is 681. The topological polar surface area (TPSA) is 49.9 Å². The Morgan fingerprint density at radius 2 is 1.96 bits per heavy atom. The van der Waals surface area contributed by atoms with E-state index < -0.39 is 32.9 Å². The van der Waals surface area contributed by atoms with E-state index in [2.05, 4.69) is 0 Å². The molecular weight excluding hydrogens is 346 g/mol. The van der Waals surface area contributed by atoms with Crippen LogP contribution in [0.2, 0.25) is 0 Å². The highest BCUT2D eigenvalue weighted by Gasteiger charge is 2.46. The van der Waals surface area contributed by atoms with Gasteiger partial charge >= 0.3 is 0 Å². The summed E-state index contributed by atoms with van der Waals surface area (Å²) in [4.78, 5) is 5.34. The van der Waals surface area contributed by atoms with E-state index in [0.29, 0.717) is 13.1 Å². The van der Waals surface area contributed by atoms with E-state index in [0.717, 1.165) is 29.7 Å². The first-order valence-electron chi connectivity index (χ1n) is 7.28. The summed E-state index contributed by atoms with van der Waals surface area (Å²) in [6.07, 6.45) is 0. The summed E-state index contributed by atoms with van der Waals surface area (Å²) >= 11 is 1.70. The Hall–Kier alpha value is -0.740. The number of halogens is 2. The third kappa shape index (κ3) is 3.25. The third-order valence-corrected chi connectivity index (χ3v) is 7.36. The van der Waals surface area contributed by atoms with Gasteiger partial charge in [-0.1, -0.05) is 0 Å². The van der Waals surface area contributed by atoms with Crippen LogP contribution >= 0.6 is 11.8 Å². The van der Waals surface area contributed by atoms with Crippen LogP contribution in [0.15, 0.2) is 18.2 Å². The van der Waals surface area contributed by atoms with Crippen LogP contribution in [0.3, 0.4) is 0 Å². The Kier molecular flexibility index (Phi) is 4.93. The van der Waals surface area contributed by atoms with Crippen molar-refractivity contribution in [2.24, 2.45) is 0 Å². The number of hydroxylamine groups is 2. The molecule has 0 spiro atoms. The molecule has 0 radical (unpaired) electrons. The molecule has 2 atom stereocenters. The molecule has 1 aromatic carbocycles. The summed E-state index contributed by atoms with van der Waals surface area (Å²) in [5.41, 5.74) is 0.00459. The summed E-state index contributed by atoms with van der Waals surface area (Å²) in [5.74, 6) is 0.235. The van der Waals surface area contributed by atoms with Crippen LogP contribution in [-0.4, -0.2) is 61.3 Å². The van der Waals surface area contributed by atoms with Gasteiger partial charge in [0.15, 0.2) is 0 Å². The molecule has 2 aliphatic heterocycles. The quantitative estimate of drug-likeness (QED) is 0.816. The maximum Gasteiger partial charge on any atom is 0.221 e. The van der Waals surface area contributed by atoms with E-state index in [1.165, 1.54) is 16.4 Å². The highest BCUT2D eigenvalue weighted by atomic mass is 32.2. The number of nitrogens with zero attached hydrogens (tertiary/aromatic N) is 2. The summed E-state index contributed by atoms with van der Waals surface area (Å²) in [6, 6.07) is 2.20. The van der Waals surface area contributed by atoms with Crippen molar-refractivity contribution in [1.29, 1.82) is 0 Å². The van der Waals surface area contributed by atoms with Crippen molar-refractivity contribution in [3.63, 3.8) is 0 Å². The van der Waals surface area contributed by atoms with Gasteiger partial charge in [0.2, 0.25) is 10.0 Å². The van der Waals surface area contributed by atoms with Crippen molar-refractivity contribution >= 4 is 21.8 Å². The molecule has 0 amide bonds. The number of rotatable bonds is 3. The number of benzene rings is 1. The maximum absolute atomic E-state index is 14.1. The van der Waals surface area contributed by atoms with Crippen LogP contribution < -0.4 is 0 Å². The molecule has 3 rings (SSSR count). The molecule has 128 valence electrons. The summed E-state index contributed by atoms with van der Waals surface area (Å²) in [6.45, 7) is 0.806. The van der Waals surface area contributed by atoms with Crippen LogP contribution in [-0.2, 0) is 14.9 Å². The van der Waals surface area contributed by atoms with Crippen molar-refractivity contribution in [1.82, 2.24) is 9.37 Å². The van der Waals surface area contributed by atoms with E-state index in [9.17, 15) is 17.2 Å². The lowest BCUT2D eigenvalue weighted by atomic mass is 10.0. The van der Waals surface area contributed by atoms with Crippen molar-refractivity contribution in [3.05, 3.63) is 35.4 Å². The van der Waals surface area contributed by atoms with Crippen LogP contribution in [0.5, 0.6) is 0 Å². The number of hydrogen-bond acceptors (Lipinski definition) is 5. The SMILES string of the molecule is CN1OC[C@H](S(=O)(=O)N2CCSCC2)[C@@H]1c1cc(F)ccc1F. The molecule has 0 bridgehead atoms. The zero-order chi connectivity index (χ0) is 16.6. The second-order valence-electron chi connectivity index (χ2n) is 5.55. The molecule has 0 saturated carbocycles. The van der Waals surface area contributed by atoms with Gasteiger partial charge in [-0.3, -0.25) is 4.84 Å². The normalized spacial score (nSPS) is 27.4. The number of hydrogen-bond donors (Lipinski definition) is 0. The molecule has 0 N–H and O–H groups in total. The lowest BCUT2D eigenvalue weighted by Crippen LogP contribution is -2.46. The summed E-state index contributed by atoms with van der Waals surface area (Å²) in [5, 5.41) is 0.352. The molecule has 2 fully saturated rings. The van der Waals surface area contributed by atoms with Crippen LogP contribution in [0, 0.1) is 11.6 Å². The molecule has 2 aliphatic rings. The van der Waals surface area contributed by atoms with Gasteiger partial charge in [0.1, 0.15) is 16.9 Å². The first kappa shape index (κ1) is 17.1. The summed E-state index contributed by atoms with van der Waals surface area (Å²) < 4.78 is 54.9. The van der Waals surface area contributed by atoms with Crippen molar-refractivity contribution in [3.8, 4) is 0 Å². The fourth-order valence-electron chi connectivity index (χ4n) is 2.98. The maximum atomic E-state index is 14.1. The molecule has 0 aromatic heterocycles. The van der Waals surface area contributed by atoms with Gasteiger partial charge in [0.05, 0.1) is 12.6 Å². The largest absolute Gasteiger partial charge is 0.297 e. The van der Waals surface area contributed by atoms with E-state index in [1.807, 2.05) is 0 Å². The molecule has 0 aliphatic carbocycles. The van der Waals surface area contributed by atoms with E-state index in [1.54, 1.807) is 11.8 Å². The molecule has 0 unspecified atom stereocenters. The molecule has 2 heterocycles. The molecule has 1 aromatic rings. The average Bonchev–Trinajstić information content (AvgIpc) is 2.93. The first-order valence-corrected chi connectivity index (χ1v) is 9.94. The Morgan fingerprint density at radius 1 is 1.26 bits per heavy atom. The second kappa shape index (κ2) is 6.64. The fraction of sp³-hybridized carbons (Fsp3) is 0.571. The van der Waals surface area contributed by atoms with Crippen molar-refractivity contribution in [2.75, 3.05) is 38.2 Å². The predicted molar refractivity (Wildman–Crippen MR) is 84.4 cm³/mol. The van der Waals surface area contributed by atoms with Gasteiger partial charge in [0.25, 0.3) is 0 Å². The summed E-state index contributed by atoms with van der Waals surface area (Å²) in [7, 11) is -2.12. The minimum Gasteiger partial charge on any atom is -0.297 e. The van der Waals surface area contributed by atoms with Gasteiger partial charge in [-0.2, -0.15) is 21.1 Å². The average molecular weight is 364 g/mol. The number of thioether (sulfide) groups is 1. The molecule has 2 saturated heterocycles. The lowest BCUT2D eigenvalue weighted by molar-refractivity contribution is -0.111. The van der Waals surface area contributed by atoms with E-state index in [4.69, 9.17) is 4.84 Å². The number of sulfonamides is 1. The van der Waals surface area contributed by atoms with Crippen LogP contribution in [0.4, 0.5) is 8.78 Å². The minimum atomic E-state index is -3.66. The Labute approximate surface area is 138 Å². The van der Waals surface area contributed by atoms with Crippen LogP contribution in [0.25, 0.3) is 0 Å². The van der Waals surface area contributed by atoms with Gasteiger partial charge in [0, 0.05) is 37.2 Å². The third-order valence-electron chi connectivity index (χ3n) is 4.18. The van der Waals surface area contributed by atoms with E-state index >= 15 is 0 Å². The molecule has 9 heteroatoms. The Balaban J connectivity index is 1.96. The smallest absolute Gasteiger partial charge is 0.221 e. The van der Waals surface area contributed by atoms with Crippen molar-refractivity contribution in [2.45, 2.75) is 11.3 Å². The highest BCUT2D eigenvalue weighted by molar-refractivity contribution is 7.99. The molecular formula is C14H18F2N2O3S2. The second-order valence-corrected chi connectivity index (χ2v) is 8.92. The van der Waals surface area contributed by atoms with E-state index in [-0.39, 0.29) is 12.2 Å². The van der Waals surface area contributed by atoms with Gasteiger partial charge in [-0.05, 0) is 18.2 Å². The predicted octanol–water partition coefficient (Wildman–Crippen LogP) is 1.63. The lowest BCUT2D eigenvalue weighted by Gasteiger charge is -2.31. The van der Waals surface area contributed by atoms with Crippen LogP contribution in [0.1, 0.15) is 11.6 Å². The molecule has 5 nitrogen and oxygen atoms in total. The van der Waals surface area contributed by atoms with Gasteiger partial charge in [-0.15, -0.1) is 0 Å². The fourth-order valence-corrected chi connectivity index (χ4v) is 6.06. The van der Waals surface area contributed by atoms with Gasteiger partial charge in [-0.25, -0.2) is 17.2 Å².